The lowest BCUT2D eigenvalue weighted by Crippen LogP contribution is -2.37. The quantitative estimate of drug-likeness (QED) is 0.836. The Labute approximate surface area is 107 Å². The minimum absolute atomic E-state index is 0.0975. The van der Waals surface area contributed by atoms with Crippen LogP contribution in [0.5, 0.6) is 0 Å². The second kappa shape index (κ2) is 5.07. The second-order valence-electron chi connectivity index (χ2n) is 4.54. The highest BCUT2D eigenvalue weighted by Crippen LogP contribution is 2.25. The normalized spacial score (nSPS) is 14.0. The molecule has 0 aromatic heterocycles. The average molecular weight is 272 g/mol. The van der Waals surface area contributed by atoms with Crippen molar-refractivity contribution in [3.63, 3.8) is 0 Å². The molecule has 0 aliphatic rings. The molecule has 0 heterocycles. The van der Waals surface area contributed by atoms with Crippen molar-refractivity contribution in [2.24, 2.45) is 5.41 Å². The number of hydrogen-bond acceptors (Lipinski definition) is 5. The number of aliphatic hydroxyl groups excluding tert-OH is 1. The van der Waals surface area contributed by atoms with Crippen LogP contribution >= 0.6 is 0 Å². The number of rotatable bonds is 4. The van der Waals surface area contributed by atoms with Gasteiger partial charge in [-0.25, -0.2) is 0 Å². The van der Waals surface area contributed by atoms with E-state index >= 15 is 0 Å². The summed E-state index contributed by atoms with van der Waals surface area (Å²) in [5.41, 5.74) is -1.29. The van der Waals surface area contributed by atoms with Gasteiger partial charge in [0.2, 0.25) is 0 Å². The highest BCUT2D eigenvalue weighted by Gasteiger charge is 2.37. The molecule has 100 valence electrons. The summed E-state index contributed by atoms with van der Waals surface area (Å²) < 4.78 is 28.1. The summed E-state index contributed by atoms with van der Waals surface area (Å²) >= 11 is 0. The molecule has 0 amide bonds. The van der Waals surface area contributed by atoms with Crippen molar-refractivity contribution in [3.05, 3.63) is 30.3 Å². The van der Waals surface area contributed by atoms with Gasteiger partial charge in [-0.05, 0) is 32.9 Å². The smallest absolute Gasteiger partial charge is 0.341 e. The zero-order valence-corrected chi connectivity index (χ0v) is 11.3. The molecule has 1 N–H and O–H groups in total. The maximum Gasteiger partial charge on any atom is 0.341 e. The van der Waals surface area contributed by atoms with Gasteiger partial charge in [-0.2, -0.15) is 8.42 Å². The van der Waals surface area contributed by atoms with Crippen LogP contribution in [-0.2, 0) is 19.1 Å². The Hall–Kier alpha value is -1.40. The lowest BCUT2D eigenvalue weighted by atomic mass is 9.88. The second-order valence-corrected chi connectivity index (χ2v) is 6.08. The minimum atomic E-state index is -4.14. The van der Waals surface area contributed by atoms with E-state index in [9.17, 15) is 18.3 Å². The van der Waals surface area contributed by atoms with Gasteiger partial charge in [0.1, 0.15) is 4.90 Å². The molecule has 0 aliphatic heterocycles. The number of benzene rings is 1. The topological polar surface area (TPSA) is 80.7 Å². The van der Waals surface area contributed by atoms with Crippen molar-refractivity contribution in [3.8, 4) is 0 Å². The lowest BCUT2D eigenvalue weighted by Gasteiger charge is -2.24. The molecule has 6 heteroatoms. The number of carbonyl (C=O) groups is 1. The first-order valence-electron chi connectivity index (χ1n) is 5.40. The fraction of sp³-hybridized carbons (Fsp3) is 0.417. The van der Waals surface area contributed by atoms with Crippen LogP contribution in [0.15, 0.2) is 35.2 Å². The number of carbonyl (C=O) groups excluding carboxylic acids is 1. The summed E-state index contributed by atoms with van der Waals surface area (Å²) in [6.45, 7) is 4.23. The Morgan fingerprint density at radius 2 is 1.78 bits per heavy atom. The largest absolute Gasteiger partial charge is 0.392 e. The van der Waals surface area contributed by atoms with E-state index in [1.54, 1.807) is 6.07 Å². The van der Waals surface area contributed by atoms with Gasteiger partial charge in [0.05, 0.1) is 11.5 Å². The molecule has 5 nitrogen and oxygen atoms in total. The molecule has 0 saturated carbocycles. The Bertz CT molecular complexity index is 517. The molecule has 0 saturated heterocycles. The molecular weight excluding hydrogens is 256 g/mol. The third-order valence-electron chi connectivity index (χ3n) is 2.79. The van der Waals surface area contributed by atoms with Gasteiger partial charge < -0.3 is 9.29 Å². The average Bonchev–Trinajstić information content (AvgIpc) is 2.29. The Morgan fingerprint density at radius 3 is 2.22 bits per heavy atom. The van der Waals surface area contributed by atoms with Crippen molar-refractivity contribution < 1.29 is 22.5 Å². The van der Waals surface area contributed by atoms with Gasteiger partial charge in [-0.15, -0.1) is 0 Å². The molecule has 0 radical (unpaired) electrons. The predicted octanol–water partition coefficient (Wildman–Crippen LogP) is 1.33. The van der Waals surface area contributed by atoms with E-state index in [4.69, 9.17) is 0 Å². The first-order chi connectivity index (χ1) is 8.18. The van der Waals surface area contributed by atoms with Crippen LogP contribution in [0.4, 0.5) is 0 Å². The van der Waals surface area contributed by atoms with Crippen LogP contribution in [0.25, 0.3) is 0 Å². The highest BCUT2D eigenvalue weighted by atomic mass is 32.2. The van der Waals surface area contributed by atoms with E-state index in [0.29, 0.717) is 0 Å². The lowest BCUT2D eigenvalue weighted by molar-refractivity contribution is -0.149. The highest BCUT2D eigenvalue weighted by molar-refractivity contribution is 7.87. The first kappa shape index (κ1) is 14.7. The molecule has 0 bridgehead atoms. The van der Waals surface area contributed by atoms with Gasteiger partial charge in [0.25, 0.3) is 0 Å². The van der Waals surface area contributed by atoms with E-state index in [1.165, 1.54) is 45.0 Å². The fourth-order valence-corrected chi connectivity index (χ4v) is 2.01. The molecular formula is C12H16O5S. The van der Waals surface area contributed by atoms with Crippen molar-refractivity contribution in [2.45, 2.75) is 31.8 Å². The van der Waals surface area contributed by atoms with Crippen LogP contribution in [0.1, 0.15) is 20.8 Å². The van der Waals surface area contributed by atoms with Gasteiger partial charge in [0.15, 0.2) is 0 Å². The van der Waals surface area contributed by atoms with E-state index in [0.717, 1.165) is 0 Å². The molecule has 1 aromatic rings. The van der Waals surface area contributed by atoms with E-state index in [2.05, 4.69) is 4.18 Å². The van der Waals surface area contributed by atoms with Crippen molar-refractivity contribution in [1.82, 2.24) is 0 Å². The minimum Gasteiger partial charge on any atom is -0.392 e. The number of aliphatic hydroxyl groups is 1. The van der Waals surface area contributed by atoms with E-state index in [-0.39, 0.29) is 4.90 Å². The van der Waals surface area contributed by atoms with E-state index < -0.39 is 27.6 Å². The molecule has 1 unspecified atom stereocenters. The van der Waals surface area contributed by atoms with Crippen molar-refractivity contribution in [2.75, 3.05) is 0 Å². The zero-order chi connectivity index (χ0) is 14.0. The SMILES string of the molecule is CC(O)C(C)(C)C(=O)OS(=O)(=O)c1ccccc1. The Kier molecular flexibility index (Phi) is 4.13. The van der Waals surface area contributed by atoms with Crippen LogP contribution in [0, 0.1) is 5.41 Å². The molecule has 1 atom stereocenters. The van der Waals surface area contributed by atoms with Crippen LogP contribution in [0.2, 0.25) is 0 Å². The fourth-order valence-electron chi connectivity index (χ4n) is 1.01. The summed E-state index contributed by atoms with van der Waals surface area (Å²) in [5.74, 6) is -0.985. The van der Waals surface area contributed by atoms with Crippen LogP contribution in [-0.4, -0.2) is 25.6 Å². The van der Waals surface area contributed by atoms with Crippen LogP contribution in [0.3, 0.4) is 0 Å². The molecule has 18 heavy (non-hydrogen) atoms. The predicted molar refractivity (Wildman–Crippen MR) is 65.2 cm³/mol. The van der Waals surface area contributed by atoms with E-state index in [1.807, 2.05) is 0 Å². The Morgan fingerprint density at radius 1 is 1.28 bits per heavy atom. The zero-order valence-electron chi connectivity index (χ0n) is 10.5. The Balaban J connectivity index is 2.96. The maximum atomic E-state index is 11.8. The standard InChI is InChI=1S/C12H16O5S/c1-9(13)12(2,3)11(14)17-18(15,16)10-7-5-4-6-8-10/h4-9,13H,1-3H3. The van der Waals surface area contributed by atoms with Gasteiger partial charge in [-0.3, -0.25) is 4.79 Å². The van der Waals surface area contributed by atoms with Gasteiger partial charge in [0, 0.05) is 0 Å². The summed E-state index contributed by atoms with van der Waals surface area (Å²) in [7, 11) is -4.14. The molecule has 0 fully saturated rings. The van der Waals surface area contributed by atoms with Crippen molar-refractivity contribution >= 4 is 16.1 Å². The first-order valence-corrected chi connectivity index (χ1v) is 6.81. The summed E-state index contributed by atoms with van der Waals surface area (Å²) in [5, 5.41) is 9.42. The van der Waals surface area contributed by atoms with Crippen LogP contribution < -0.4 is 0 Å². The molecule has 0 aliphatic carbocycles. The third-order valence-corrected chi connectivity index (χ3v) is 4.01. The van der Waals surface area contributed by atoms with Gasteiger partial charge in [-0.1, -0.05) is 18.2 Å². The summed E-state index contributed by atoms with van der Waals surface area (Å²) in [6, 6.07) is 7.37. The monoisotopic (exact) mass is 272 g/mol. The van der Waals surface area contributed by atoms with Gasteiger partial charge >= 0.3 is 16.1 Å². The molecule has 0 spiro atoms. The van der Waals surface area contributed by atoms with Crippen molar-refractivity contribution in [1.29, 1.82) is 0 Å². The molecule has 1 aromatic carbocycles. The molecule has 1 rings (SSSR count). The maximum absolute atomic E-state index is 11.8. The summed E-state index contributed by atoms with van der Waals surface area (Å²) in [4.78, 5) is 11.6. The summed E-state index contributed by atoms with van der Waals surface area (Å²) in [6.07, 6.45) is -1.02. The number of hydrogen-bond donors (Lipinski definition) is 1. The third kappa shape index (κ3) is 3.08.